The van der Waals surface area contributed by atoms with Gasteiger partial charge in [-0.2, -0.15) is 0 Å². The van der Waals surface area contributed by atoms with Gasteiger partial charge >= 0.3 is 0 Å². The van der Waals surface area contributed by atoms with E-state index in [9.17, 15) is 4.79 Å². The highest BCUT2D eigenvalue weighted by molar-refractivity contribution is 8.01. The van der Waals surface area contributed by atoms with Gasteiger partial charge in [-0.05, 0) is 44.7 Å². The molecule has 0 unspecified atom stereocenters. The van der Waals surface area contributed by atoms with Crippen LogP contribution in [0.1, 0.15) is 41.5 Å². The van der Waals surface area contributed by atoms with Gasteiger partial charge in [0.05, 0.1) is 17.0 Å². The first kappa shape index (κ1) is 14.8. The van der Waals surface area contributed by atoms with E-state index < -0.39 is 0 Å². The van der Waals surface area contributed by atoms with Gasteiger partial charge in [-0.15, -0.1) is 11.8 Å². The van der Waals surface area contributed by atoms with Crippen LogP contribution in [0.25, 0.3) is 0 Å². The number of aromatic nitrogens is 1. The van der Waals surface area contributed by atoms with Gasteiger partial charge < -0.3 is 9.42 Å². The summed E-state index contributed by atoms with van der Waals surface area (Å²) >= 11 is 1.71. The van der Waals surface area contributed by atoms with Crippen LogP contribution in [-0.4, -0.2) is 27.8 Å². The van der Waals surface area contributed by atoms with Crippen LogP contribution < -0.4 is 0 Å². The molecule has 2 aromatic rings. The van der Waals surface area contributed by atoms with E-state index in [1.165, 1.54) is 16.0 Å². The van der Waals surface area contributed by atoms with Crippen molar-refractivity contribution in [2.45, 2.75) is 49.3 Å². The van der Waals surface area contributed by atoms with Gasteiger partial charge in [0.1, 0.15) is 0 Å². The number of carbonyl (C=O) groups excluding carboxylic acids is 1. The lowest BCUT2D eigenvalue weighted by molar-refractivity contribution is -0.131. The molecular weight excluding hydrogens is 308 g/mol. The summed E-state index contributed by atoms with van der Waals surface area (Å²) < 4.78 is 5.42. The maximum Gasteiger partial charge on any atom is 0.237 e. The number of fused-ring (bicyclic) bond motifs is 1. The van der Waals surface area contributed by atoms with E-state index in [1.807, 2.05) is 17.9 Å². The van der Waals surface area contributed by atoms with Crippen molar-refractivity contribution in [3.63, 3.8) is 0 Å². The van der Waals surface area contributed by atoms with Crippen LogP contribution in [0.3, 0.4) is 0 Å². The molecule has 2 aliphatic rings. The van der Waals surface area contributed by atoms with Gasteiger partial charge in [0.15, 0.2) is 5.76 Å². The molecule has 0 saturated carbocycles. The molecule has 120 valence electrons. The Morgan fingerprint density at radius 2 is 2.22 bits per heavy atom. The Labute approximate surface area is 140 Å². The number of likely N-dealkylation sites (tertiary alicyclic amines) is 1. The number of rotatable bonds is 2. The number of amides is 1. The Balaban J connectivity index is 1.53. The van der Waals surface area contributed by atoms with E-state index in [0.717, 1.165) is 37.3 Å². The SMILES string of the molecule is Cc1ccc2c(c1)S[C@@H](C(=O)N1CCC[C@@H]1c1cc(C)no1)C2. The first-order valence-electron chi connectivity index (χ1n) is 8.12. The van der Waals surface area contributed by atoms with Gasteiger partial charge in [0.2, 0.25) is 5.91 Å². The minimum Gasteiger partial charge on any atom is -0.359 e. The van der Waals surface area contributed by atoms with E-state index in [4.69, 9.17) is 4.52 Å². The molecule has 0 bridgehead atoms. The highest BCUT2D eigenvalue weighted by atomic mass is 32.2. The van der Waals surface area contributed by atoms with E-state index in [-0.39, 0.29) is 17.2 Å². The Morgan fingerprint density at radius 1 is 1.35 bits per heavy atom. The van der Waals surface area contributed by atoms with Gasteiger partial charge in [-0.3, -0.25) is 4.79 Å². The molecule has 1 aromatic heterocycles. The molecule has 2 atom stereocenters. The molecule has 0 radical (unpaired) electrons. The van der Waals surface area contributed by atoms with E-state index >= 15 is 0 Å². The van der Waals surface area contributed by atoms with Crippen molar-refractivity contribution in [2.75, 3.05) is 6.54 Å². The molecule has 4 rings (SSSR count). The van der Waals surface area contributed by atoms with Crippen molar-refractivity contribution in [3.8, 4) is 0 Å². The first-order chi connectivity index (χ1) is 11.1. The molecule has 0 spiro atoms. The molecule has 0 N–H and O–H groups in total. The third-order valence-electron chi connectivity index (χ3n) is 4.68. The Bertz CT molecular complexity index is 755. The molecule has 1 amide bonds. The maximum atomic E-state index is 13.0. The second-order valence-electron chi connectivity index (χ2n) is 6.48. The summed E-state index contributed by atoms with van der Waals surface area (Å²) in [7, 11) is 0. The summed E-state index contributed by atoms with van der Waals surface area (Å²) in [6.07, 6.45) is 2.82. The predicted molar refractivity (Wildman–Crippen MR) is 89.5 cm³/mol. The van der Waals surface area contributed by atoms with Crippen LogP contribution in [0, 0.1) is 13.8 Å². The normalized spacial score (nSPS) is 23.3. The number of aryl methyl sites for hydroxylation is 2. The average Bonchev–Trinajstić information content (AvgIpc) is 3.23. The number of hydrogen-bond donors (Lipinski definition) is 0. The van der Waals surface area contributed by atoms with Crippen molar-refractivity contribution in [1.82, 2.24) is 10.1 Å². The minimum absolute atomic E-state index is 0.00332. The van der Waals surface area contributed by atoms with Crippen LogP contribution in [0.4, 0.5) is 0 Å². The highest BCUT2D eigenvalue weighted by Crippen LogP contribution is 2.41. The third-order valence-corrected chi connectivity index (χ3v) is 5.97. The fraction of sp³-hybridized carbons (Fsp3) is 0.444. The first-order valence-corrected chi connectivity index (χ1v) is 8.99. The maximum absolute atomic E-state index is 13.0. The predicted octanol–water partition coefficient (Wildman–Crippen LogP) is 3.67. The van der Waals surface area contributed by atoms with Crippen molar-refractivity contribution in [3.05, 3.63) is 46.8 Å². The number of thioether (sulfide) groups is 1. The molecule has 4 nitrogen and oxygen atoms in total. The molecule has 3 heterocycles. The largest absolute Gasteiger partial charge is 0.359 e. The molecule has 1 aromatic carbocycles. The Kier molecular flexibility index (Phi) is 3.68. The van der Waals surface area contributed by atoms with Crippen LogP contribution in [0.5, 0.6) is 0 Å². The summed E-state index contributed by atoms with van der Waals surface area (Å²) in [5.74, 6) is 1.06. The lowest BCUT2D eigenvalue weighted by atomic mass is 10.1. The van der Waals surface area contributed by atoms with Crippen molar-refractivity contribution in [1.29, 1.82) is 0 Å². The van der Waals surface area contributed by atoms with Crippen LogP contribution >= 0.6 is 11.8 Å². The Morgan fingerprint density at radius 3 is 3.00 bits per heavy atom. The van der Waals surface area contributed by atoms with E-state index in [2.05, 4.69) is 30.3 Å². The number of hydrogen-bond acceptors (Lipinski definition) is 4. The monoisotopic (exact) mass is 328 g/mol. The standard InChI is InChI=1S/C18H20N2O2S/c1-11-5-6-13-10-17(23-16(13)8-11)18(21)20-7-3-4-14(20)15-9-12(2)19-22-15/h5-6,8-9,14,17H,3-4,7,10H2,1-2H3/t14-,17-/m1/s1. The molecular formula is C18H20N2O2S. The second-order valence-corrected chi connectivity index (χ2v) is 7.73. The fourth-order valence-corrected chi connectivity index (χ4v) is 4.89. The fourth-order valence-electron chi connectivity index (χ4n) is 3.52. The lowest BCUT2D eigenvalue weighted by Gasteiger charge is -2.25. The van der Waals surface area contributed by atoms with Gasteiger partial charge in [0, 0.05) is 17.5 Å². The zero-order valence-corrected chi connectivity index (χ0v) is 14.2. The summed E-state index contributed by atoms with van der Waals surface area (Å²) in [4.78, 5) is 16.3. The van der Waals surface area contributed by atoms with E-state index in [1.54, 1.807) is 11.8 Å². The van der Waals surface area contributed by atoms with Gasteiger partial charge in [0.25, 0.3) is 0 Å². The molecule has 1 saturated heterocycles. The quantitative estimate of drug-likeness (QED) is 0.844. The number of benzene rings is 1. The molecule has 2 aliphatic heterocycles. The molecule has 23 heavy (non-hydrogen) atoms. The summed E-state index contributed by atoms with van der Waals surface area (Å²) in [6.45, 7) is 4.83. The van der Waals surface area contributed by atoms with Crippen molar-refractivity contribution >= 4 is 17.7 Å². The molecule has 0 aliphatic carbocycles. The minimum atomic E-state index is -0.00332. The molecule has 1 fully saturated rings. The smallest absolute Gasteiger partial charge is 0.237 e. The zero-order valence-electron chi connectivity index (χ0n) is 13.4. The Hall–Kier alpha value is -1.75. The number of nitrogens with zero attached hydrogens (tertiary/aromatic N) is 2. The lowest BCUT2D eigenvalue weighted by Crippen LogP contribution is -2.37. The summed E-state index contributed by atoms with van der Waals surface area (Å²) in [5.41, 5.74) is 3.42. The third kappa shape index (κ3) is 2.67. The molecule has 5 heteroatoms. The van der Waals surface area contributed by atoms with Gasteiger partial charge in [-0.1, -0.05) is 22.9 Å². The second kappa shape index (κ2) is 5.71. The number of carbonyl (C=O) groups is 1. The van der Waals surface area contributed by atoms with Crippen LogP contribution in [0.15, 0.2) is 33.7 Å². The summed E-state index contributed by atoms with van der Waals surface area (Å²) in [6, 6.07) is 8.48. The van der Waals surface area contributed by atoms with Crippen molar-refractivity contribution in [2.24, 2.45) is 0 Å². The van der Waals surface area contributed by atoms with Crippen LogP contribution in [0.2, 0.25) is 0 Å². The average molecular weight is 328 g/mol. The zero-order chi connectivity index (χ0) is 16.0. The van der Waals surface area contributed by atoms with Gasteiger partial charge in [-0.25, -0.2) is 0 Å². The van der Waals surface area contributed by atoms with E-state index in [0.29, 0.717) is 0 Å². The topological polar surface area (TPSA) is 46.3 Å². The highest BCUT2D eigenvalue weighted by Gasteiger charge is 2.38. The van der Waals surface area contributed by atoms with Crippen molar-refractivity contribution < 1.29 is 9.32 Å². The summed E-state index contributed by atoms with van der Waals surface area (Å²) in [5, 5.41) is 3.97. The van der Waals surface area contributed by atoms with Crippen LogP contribution in [-0.2, 0) is 11.2 Å².